The van der Waals surface area contributed by atoms with Crippen LogP contribution in [0.3, 0.4) is 0 Å². The maximum atomic E-state index is 13.1. The van der Waals surface area contributed by atoms with E-state index in [2.05, 4.69) is 0 Å². The molecular weight excluding hydrogens is 408 g/mol. The van der Waals surface area contributed by atoms with E-state index in [1.54, 1.807) is 44.4 Å². The molecule has 0 bridgehead atoms. The first-order chi connectivity index (χ1) is 15.5. The molecular formula is C26H22O6. The molecule has 0 unspecified atom stereocenters. The molecule has 6 heteroatoms. The summed E-state index contributed by atoms with van der Waals surface area (Å²) in [6.07, 6.45) is 0. The molecule has 4 aromatic rings. The maximum absolute atomic E-state index is 13.1. The minimum atomic E-state index is -0.485. The number of fused-ring (bicyclic) bond motifs is 1. The van der Waals surface area contributed by atoms with Gasteiger partial charge in [-0.25, -0.2) is 4.79 Å². The zero-order chi connectivity index (χ0) is 22.5. The van der Waals surface area contributed by atoms with Crippen molar-refractivity contribution in [1.29, 1.82) is 0 Å². The summed E-state index contributed by atoms with van der Waals surface area (Å²) in [5.41, 5.74) is 2.40. The molecule has 0 aliphatic rings. The van der Waals surface area contributed by atoms with Crippen molar-refractivity contribution in [2.45, 2.75) is 13.5 Å². The second-order valence-electron chi connectivity index (χ2n) is 7.18. The van der Waals surface area contributed by atoms with Crippen LogP contribution in [0.1, 0.15) is 11.3 Å². The second-order valence-corrected chi connectivity index (χ2v) is 7.18. The highest BCUT2D eigenvalue weighted by molar-refractivity contribution is 5.84. The number of hydrogen-bond donors (Lipinski definition) is 0. The Kier molecular flexibility index (Phi) is 6.22. The van der Waals surface area contributed by atoms with Crippen LogP contribution in [-0.4, -0.2) is 19.7 Å². The van der Waals surface area contributed by atoms with Crippen LogP contribution in [0.4, 0.5) is 0 Å². The summed E-state index contributed by atoms with van der Waals surface area (Å²) in [5.74, 6) is 1.13. The number of rotatable bonds is 7. The summed E-state index contributed by atoms with van der Waals surface area (Å²) in [7, 11) is 1.59. The number of esters is 1. The Morgan fingerprint density at radius 3 is 2.38 bits per heavy atom. The van der Waals surface area contributed by atoms with Gasteiger partial charge < -0.3 is 18.6 Å². The van der Waals surface area contributed by atoms with Crippen LogP contribution in [0.15, 0.2) is 82.0 Å². The average Bonchev–Trinajstić information content (AvgIpc) is 2.82. The maximum Gasteiger partial charge on any atom is 0.344 e. The number of methoxy groups -OCH3 is 1. The van der Waals surface area contributed by atoms with E-state index in [1.165, 1.54) is 0 Å². The Morgan fingerprint density at radius 1 is 0.938 bits per heavy atom. The summed E-state index contributed by atoms with van der Waals surface area (Å²) in [5, 5.41) is 0.431. The first kappa shape index (κ1) is 21.2. The molecule has 0 radical (unpaired) electrons. The van der Waals surface area contributed by atoms with Crippen molar-refractivity contribution in [1.82, 2.24) is 0 Å². The first-order valence-corrected chi connectivity index (χ1v) is 10.1. The van der Waals surface area contributed by atoms with Crippen LogP contribution in [0, 0.1) is 6.92 Å². The fourth-order valence-electron chi connectivity index (χ4n) is 3.39. The van der Waals surface area contributed by atoms with Crippen molar-refractivity contribution in [3.63, 3.8) is 0 Å². The lowest BCUT2D eigenvalue weighted by molar-refractivity contribution is -0.147. The molecule has 0 saturated heterocycles. The molecule has 1 aromatic heterocycles. The highest BCUT2D eigenvalue weighted by atomic mass is 16.6. The van der Waals surface area contributed by atoms with Crippen LogP contribution in [0.2, 0.25) is 0 Å². The normalized spacial score (nSPS) is 10.7. The minimum absolute atomic E-state index is 0.136. The molecule has 32 heavy (non-hydrogen) atoms. The predicted octanol–water partition coefficient (Wildman–Crippen LogP) is 4.90. The van der Waals surface area contributed by atoms with Gasteiger partial charge in [0.2, 0.25) is 5.43 Å². The molecule has 0 aliphatic heterocycles. The number of aryl methyl sites for hydroxylation is 1. The van der Waals surface area contributed by atoms with Crippen molar-refractivity contribution in [2.75, 3.05) is 13.7 Å². The van der Waals surface area contributed by atoms with Gasteiger partial charge in [0.05, 0.1) is 18.1 Å². The SMILES string of the molecule is COc1ccc(-c2c(C)oc3cc(OCC(=O)OCc4ccccc4)ccc3c2=O)cc1. The topological polar surface area (TPSA) is 75.0 Å². The van der Waals surface area contributed by atoms with E-state index in [9.17, 15) is 9.59 Å². The number of hydrogen-bond acceptors (Lipinski definition) is 6. The second kappa shape index (κ2) is 9.39. The summed E-state index contributed by atoms with van der Waals surface area (Å²) in [4.78, 5) is 25.1. The molecule has 0 saturated carbocycles. The Hall–Kier alpha value is -4.06. The predicted molar refractivity (Wildman–Crippen MR) is 121 cm³/mol. The third-order valence-electron chi connectivity index (χ3n) is 5.02. The smallest absolute Gasteiger partial charge is 0.344 e. The van der Waals surface area contributed by atoms with E-state index in [0.717, 1.165) is 11.1 Å². The fraction of sp³-hybridized carbons (Fsp3) is 0.154. The zero-order valence-corrected chi connectivity index (χ0v) is 17.8. The quantitative estimate of drug-likeness (QED) is 0.388. The highest BCUT2D eigenvalue weighted by Gasteiger charge is 2.15. The van der Waals surface area contributed by atoms with E-state index >= 15 is 0 Å². The number of ether oxygens (including phenoxy) is 3. The van der Waals surface area contributed by atoms with E-state index in [4.69, 9.17) is 18.6 Å². The Morgan fingerprint density at radius 2 is 1.66 bits per heavy atom. The Labute approximate surface area is 185 Å². The molecule has 0 N–H and O–H groups in total. The van der Waals surface area contributed by atoms with Crippen LogP contribution in [0.25, 0.3) is 22.1 Å². The standard InChI is InChI=1S/C26H22O6/c1-17-25(19-8-10-20(29-2)11-9-19)26(28)22-13-12-21(14-23(22)32-17)30-16-24(27)31-15-18-6-4-3-5-7-18/h3-14H,15-16H2,1-2H3. The molecule has 0 fully saturated rings. The van der Waals surface area contributed by atoms with Gasteiger partial charge in [-0.2, -0.15) is 0 Å². The first-order valence-electron chi connectivity index (χ1n) is 10.1. The molecule has 1 heterocycles. The molecule has 4 rings (SSSR count). The third-order valence-corrected chi connectivity index (χ3v) is 5.02. The van der Waals surface area contributed by atoms with Gasteiger partial charge in [-0.1, -0.05) is 42.5 Å². The lowest BCUT2D eigenvalue weighted by Crippen LogP contribution is -2.15. The molecule has 6 nitrogen and oxygen atoms in total. The van der Waals surface area contributed by atoms with Crippen molar-refractivity contribution < 1.29 is 23.4 Å². The van der Waals surface area contributed by atoms with Gasteiger partial charge in [-0.3, -0.25) is 4.79 Å². The van der Waals surface area contributed by atoms with Gasteiger partial charge in [0.15, 0.2) is 6.61 Å². The van der Waals surface area contributed by atoms with E-state index < -0.39 is 5.97 Å². The number of carbonyl (C=O) groups is 1. The minimum Gasteiger partial charge on any atom is -0.497 e. The molecule has 162 valence electrons. The monoisotopic (exact) mass is 430 g/mol. The van der Waals surface area contributed by atoms with Crippen LogP contribution < -0.4 is 14.9 Å². The van der Waals surface area contributed by atoms with E-state index in [-0.39, 0.29) is 18.6 Å². The van der Waals surface area contributed by atoms with Gasteiger partial charge in [-0.05, 0) is 42.3 Å². The molecule has 0 amide bonds. The van der Waals surface area contributed by atoms with Crippen LogP contribution in [-0.2, 0) is 16.1 Å². The molecule has 3 aromatic carbocycles. The van der Waals surface area contributed by atoms with Crippen molar-refractivity contribution in [3.8, 4) is 22.6 Å². The lowest BCUT2D eigenvalue weighted by Gasteiger charge is -2.10. The van der Waals surface area contributed by atoms with Gasteiger partial charge in [-0.15, -0.1) is 0 Å². The summed E-state index contributed by atoms with van der Waals surface area (Å²) < 4.78 is 21.8. The summed E-state index contributed by atoms with van der Waals surface area (Å²) in [6.45, 7) is 1.68. The molecule has 0 spiro atoms. The third kappa shape index (κ3) is 4.64. The van der Waals surface area contributed by atoms with E-state index in [1.807, 2.05) is 42.5 Å². The average molecular weight is 430 g/mol. The van der Waals surface area contributed by atoms with Gasteiger partial charge in [0, 0.05) is 6.07 Å². The lowest BCUT2D eigenvalue weighted by atomic mass is 10.0. The largest absolute Gasteiger partial charge is 0.497 e. The van der Waals surface area contributed by atoms with Crippen molar-refractivity contribution in [3.05, 3.63) is 94.3 Å². The fourth-order valence-corrected chi connectivity index (χ4v) is 3.39. The molecule has 0 aliphatic carbocycles. The van der Waals surface area contributed by atoms with Crippen LogP contribution in [0.5, 0.6) is 11.5 Å². The highest BCUT2D eigenvalue weighted by Crippen LogP contribution is 2.27. The van der Waals surface area contributed by atoms with Gasteiger partial charge in [0.1, 0.15) is 29.4 Å². The van der Waals surface area contributed by atoms with E-state index in [0.29, 0.717) is 33.8 Å². The summed E-state index contributed by atoms with van der Waals surface area (Å²) >= 11 is 0. The van der Waals surface area contributed by atoms with Crippen molar-refractivity contribution in [2.24, 2.45) is 0 Å². The number of benzene rings is 3. The van der Waals surface area contributed by atoms with Crippen molar-refractivity contribution >= 4 is 16.9 Å². The zero-order valence-electron chi connectivity index (χ0n) is 17.8. The van der Waals surface area contributed by atoms with Crippen LogP contribution >= 0.6 is 0 Å². The Bertz CT molecular complexity index is 1290. The summed E-state index contributed by atoms with van der Waals surface area (Å²) in [6, 6.07) is 21.5. The number of carbonyl (C=O) groups excluding carboxylic acids is 1. The van der Waals surface area contributed by atoms with Gasteiger partial charge >= 0.3 is 5.97 Å². The molecule has 0 atom stereocenters. The Balaban J connectivity index is 1.49. The van der Waals surface area contributed by atoms with Gasteiger partial charge in [0.25, 0.3) is 0 Å².